The van der Waals surface area contributed by atoms with Crippen LogP contribution >= 0.6 is 0 Å². The molecule has 2 heterocycles. The Morgan fingerprint density at radius 2 is 1.44 bits per heavy atom. The monoisotopic (exact) mass is 346 g/mol. The number of ether oxygens (including phenoxy) is 2. The number of methoxy groups -OCH3 is 2. The van der Waals surface area contributed by atoms with Gasteiger partial charge in [-0.25, -0.2) is 9.97 Å². The first kappa shape index (κ1) is 20.9. The first-order chi connectivity index (χ1) is 11.8. The van der Waals surface area contributed by atoms with Gasteiger partial charge < -0.3 is 19.5 Å². The van der Waals surface area contributed by atoms with Crippen LogP contribution in [-0.4, -0.2) is 41.4 Å². The van der Waals surface area contributed by atoms with Crippen molar-refractivity contribution >= 4 is 12.6 Å². The van der Waals surface area contributed by atoms with Crippen LogP contribution in [0, 0.1) is 0 Å². The molecule has 0 fully saturated rings. The van der Waals surface area contributed by atoms with Gasteiger partial charge in [0, 0.05) is 22.9 Å². The standard InChI is InChI=1S/C9H14BNO3.C9H13NO/c1-6(2)8-5-4-7(10(12)13)9(11-8)14-3;1-7(2)8-5-4-6-9(10-8)11-3/h4-6,12-13H,1-3H3;4-7H,1-3H3. The van der Waals surface area contributed by atoms with Gasteiger partial charge in [-0.15, -0.1) is 0 Å². The van der Waals surface area contributed by atoms with Crippen molar-refractivity contribution in [2.24, 2.45) is 0 Å². The Balaban J connectivity index is 0.000000257. The molecule has 0 spiro atoms. The molecule has 0 aromatic carbocycles. The van der Waals surface area contributed by atoms with Crippen LogP contribution in [0.25, 0.3) is 0 Å². The van der Waals surface area contributed by atoms with Crippen molar-refractivity contribution in [3.63, 3.8) is 0 Å². The lowest BCUT2D eigenvalue weighted by Gasteiger charge is -2.10. The third-order valence-electron chi connectivity index (χ3n) is 3.52. The van der Waals surface area contributed by atoms with Crippen LogP contribution in [0.3, 0.4) is 0 Å². The molecule has 0 aliphatic carbocycles. The molecule has 0 radical (unpaired) electrons. The normalized spacial score (nSPS) is 10.3. The molecule has 0 bridgehead atoms. The number of nitrogens with zero attached hydrogens (tertiary/aromatic N) is 2. The van der Waals surface area contributed by atoms with Crippen LogP contribution in [0.5, 0.6) is 11.8 Å². The lowest BCUT2D eigenvalue weighted by Crippen LogP contribution is -2.32. The average molecular weight is 346 g/mol. The van der Waals surface area contributed by atoms with Crippen LogP contribution in [0.2, 0.25) is 0 Å². The fraction of sp³-hybridized carbons (Fsp3) is 0.444. The predicted molar refractivity (Wildman–Crippen MR) is 99.6 cm³/mol. The Labute approximate surface area is 150 Å². The number of rotatable bonds is 5. The highest BCUT2D eigenvalue weighted by Gasteiger charge is 2.18. The average Bonchev–Trinajstić information content (AvgIpc) is 2.61. The van der Waals surface area contributed by atoms with Crippen molar-refractivity contribution in [2.45, 2.75) is 39.5 Å². The molecule has 0 saturated carbocycles. The second kappa shape index (κ2) is 10.0. The molecule has 2 aromatic heterocycles. The Bertz CT molecular complexity index is 663. The van der Waals surface area contributed by atoms with E-state index in [0.717, 1.165) is 11.4 Å². The summed E-state index contributed by atoms with van der Waals surface area (Å²) in [6.45, 7) is 8.25. The van der Waals surface area contributed by atoms with Crippen molar-refractivity contribution in [2.75, 3.05) is 14.2 Å². The maximum atomic E-state index is 9.00. The van der Waals surface area contributed by atoms with E-state index in [-0.39, 0.29) is 17.3 Å². The van der Waals surface area contributed by atoms with Crippen LogP contribution in [-0.2, 0) is 0 Å². The second-order valence-electron chi connectivity index (χ2n) is 6.12. The minimum absolute atomic E-state index is 0.270. The zero-order chi connectivity index (χ0) is 19.0. The van der Waals surface area contributed by atoms with Gasteiger partial charge in [0.05, 0.1) is 14.2 Å². The Morgan fingerprint density at radius 3 is 1.92 bits per heavy atom. The summed E-state index contributed by atoms with van der Waals surface area (Å²) in [7, 11) is 1.55. The summed E-state index contributed by atoms with van der Waals surface area (Å²) < 4.78 is 9.96. The molecule has 0 amide bonds. The molecule has 0 aliphatic rings. The number of aromatic nitrogens is 2. The van der Waals surface area contributed by atoms with Crippen LogP contribution in [0.4, 0.5) is 0 Å². The number of pyridine rings is 2. The van der Waals surface area contributed by atoms with E-state index >= 15 is 0 Å². The van der Waals surface area contributed by atoms with E-state index in [1.165, 1.54) is 7.11 Å². The topological polar surface area (TPSA) is 84.7 Å². The van der Waals surface area contributed by atoms with Gasteiger partial charge in [0.15, 0.2) is 0 Å². The van der Waals surface area contributed by atoms with E-state index in [0.29, 0.717) is 11.8 Å². The van der Waals surface area contributed by atoms with Crippen molar-refractivity contribution in [3.05, 3.63) is 41.7 Å². The highest BCUT2D eigenvalue weighted by atomic mass is 16.5. The lowest BCUT2D eigenvalue weighted by molar-refractivity contribution is 0.389. The molecular formula is C18H27BN2O4. The Morgan fingerprint density at radius 1 is 0.840 bits per heavy atom. The van der Waals surface area contributed by atoms with Crippen LogP contribution < -0.4 is 14.9 Å². The third-order valence-corrected chi connectivity index (χ3v) is 3.52. The summed E-state index contributed by atoms with van der Waals surface area (Å²) in [6.07, 6.45) is 0. The van der Waals surface area contributed by atoms with Crippen molar-refractivity contribution < 1.29 is 19.5 Å². The first-order valence-corrected chi connectivity index (χ1v) is 8.22. The summed E-state index contributed by atoms with van der Waals surface area (Å²) in [5.41, 5.74) is 2.23. The van der Waals surface area contributed by atoms with Crippen molar-refractivity contribution in [1.82, 2.24) is 9.97 Å². The minimum Gasteiger partial charge on any atom is -0.481 e. The molecule has 6 nitrogen and oxygen atoms in total. The largest absolute Gasteiger partial charge is 0.494 e. The van der Waals surface area contributed by atoms with E-state index in [9.17, 15) is 0 Å². The summed E-state index contributed by atoms with van der Waals surface area (Å²) in [5.74, 6) is 1.71. The molecule has 2 aromatic rings. The summed E-state index contributed by atoms with van der Waals surface area (Å²) in [5, 5.41) is 18.0. The molecule has 2 N–H and O–H groups in total. The maximum Gasteiger partial charge on any atom is 0.494 e. The van der Waals surface area contributed by atoms with Gasteiger partial charge in [0.25, 0.3) is 0 Å². The smallest absolute Gasteiger partial charge is 0.481 e. The van der Waals surface area contributed by atoms with Gasteiger partial charge in [-0.3, -0.25) is 0 Å². The number of hydrogen-bond donors (Lipinski definition) is 2. The number of hydrogen-bond acceptors (Lipinski definition) is 6. The van der Waals surface area contributed by atoms with Crippen molar-refractivity contribution in [1.29, 1.82) is 0 Å². The minimum atomic E-state index is -1.54. The van der Waals surface area contributed by atoms with E-state index < -0.39 is 7.12 Å². The summed E-state index contributed by atoms with van der Waals surface area (Å²) >= 11 is 0. The molecule has 0 unspecified atom stereocenters. The second-order valence-corrected chi connectivity index (χ2v) is 6.12. The Kier molecular flexibility index (Phi) is 8.38. The molecular weight excluding hydrogens is 319 g/mol. The molecule has 0 saturated heterocycles. The lowest BCUT2D eigenvalue weighted by atomic mass is 9.80. The van der Waals surface area contributed by atoms with Gasteiger partial charge >= 0.3 is 7.12 Å². The zero-order valence-corrected chi connectivity index (χ0v) is 15.7. The highest BCUT2D eigenvalue weighted by Crippen LogP contribution is 2.15. The van der Waals surface area contributed by atoms with Crippen LogP contribution in [0.1, 0.15) is 50.9 Å². The zero-order valence-electron chi connectivity index (χ0n) is 15.7. The Hall–Kier alpha value is -2.12. The predicted octanol–water partition coefficient (Wildman–Crippen LogP) is 2.11. The maximum absolute atomic E-state index is 9.00. The summed E-state index contributed by atoms with van der Waals surface area (Å²) in [6, 6.07) is 9.20. The van der Waals surface area contributed by atoms with Crippen molar-refractivity contribution in [3.8, 4) is 11.8 Å². The molecule has 7 heteroatoms. The van der Waals surface area contributed by atoms with Crippen LogP contribution in [0.15, 0.2) is 30.3 Å². The highest BCUT2D eigenvalue weighted by molar-refractivity contribution is 6.59. The fourth-order valence-corrected chi connectivity index (χ4v) is 2.01. The van der Waals surface area contributed by atoms with Gasteiger partial charge in [0.1, 0.15) is 0 Å². The summed E-state index contributed by atoms with van der Waals surface area (Å²) in [4.78, 5) is 8.44. The fourth-order valence-electron chi connectivity index (χ4n) is 2.01. The molecule has 136 valence electrons. The molecule has 25 heavy (non-hydrogen) atoms. The molecule has 0 aliphatic heterocycles. The van der Waals surface area contributed by atoms with E-state index in [1.807, 2.05) is 32.0 Å². The molecule has 0 atom stereocenters. The van der Waals surface area contributed by atoms with Gasteiger partial charge in [-0.05, 0) is 24.0 Å². The van der Waals surface area contributed by atoms with Gasteiger partial charge in [0.2, 0.25) is 11.8 Å². The first-order valence-electron chi connectivity index (χ1n) is 8.22. The quantitative estimate of drug-likeness (QED) is 0.807. The van der Waals surface area contributed by atoms with E-state index in [2.05, 4.69) is 23.8 Å². The molecule has 2 rings (SSSR count). The SMILES string of the molecule is COc1cccc(C(C)C)n1.COc1nc(C(C)C)ccc1B(O)O. The van der Waals surface area contributed by atoms with E-state index in [1.54, 1.807) is 19.2 Å². The van der Waals surface area contributed by atoms with Gasteiger partial charge in [-0.2, -0.15) is 0 Å². The van der Waals surface area contributed by atoms with Gasteiger partial charge in [-0.1, -0.05) is 39.8 Å². The van der Waals surface area contributed by atoms with E-state index in [4.69, 9.17) is 19.5 Å². The third kappa shape index (κ3) is 6.36.